The van der Waals surface area contributed by atoms with Gasteiger partial charge in [0.1, 0.15) is 5.76 Å². The molecule has 0 spiro atoms. The summed E-state index contributed by atoms with van der Waals surface area (Å²) in [6.45, 7) is 10.4. The molecular weight excluding hydrogens is 328 g/mol. The normalized spacial score (nSPS) is 25.3. The van der Waals surface area contributed by atoms with Crippen molar-refractivity contribution in [3.8, 4) is 0 Å². The fraction of sp³-hybridized carbons (Fsp3) is 0.765. The second-order valence-electron chi connectivity index (χ2n) is 6.95. The molecule has 1 aliphatic carbocycles. The van der Waals surface area contributed by atoms with E-state index < -0.39 is 5.54 Å². The van der Waals surface area contributed by atoms with Crippen LogP contribution in [-0.4, -0.2) is 46.8 Å². The zero-order valence-electron chi connectivity index (χ0n) is 15.1. The first-order chi connectivity index (χ1) is 11.3. The van der Waals surface area contributed by atoms with Gasteiger partial charge in [-0.25, -0.2) is 0 Å². The van der Waals surface area contributed by atoms with Crippen LogP contribution in [0.4, 0.5) is 0 Å². The SMILES string of the molecule is CCO[C@@H]1C[C@](CO)(NC(=O)CSCc2c(C)noc2C)C1(C)C. The molecule has 0 radical (unpaired) electrons. The number of ether oxygens (including phenoxy) is 1. The summed E-state index contributed by atoms with van der Waals surface area (Å²) in [6, 6.07) is 0. The Labute approximate surface area is 147 Å². The van der Waals surface area contributed by atoms with Gasteiger partial charge < -0.3 is 19.7 Å². The number of nitrogens with zero attached hydrogens (tertiary/aromatic N) is 1. The molecule has 6 nitrogen and oxygen atoms in total. The first kappa shape index (κ1) is 19.3. The highest BCUT2D eigenvalue weighted by Crippen LogP contribution is 2.51. The molecule has 0 saturated heterocycles. The summed E-state index contributed by atoms with van der Waals surface area (Å²) in [4.78, 5) is 12.3. The number of hydrogen-bond donors (Lipinski definition) is 2. The molecule has 24 heavy (non-hydrogen) atoms. The van der Waals surface area contributed by atoms with Gasteiger partial charge in [-0.2, -0.15) is 0 Å². The number of amides is 1. The number of rotatable bonds is 8. The Bertz CT molecular complexity index is 568. The van der Waals surface area contributed by atoms with Crippen LogP contribution in [0, 0.1) is 19.3 Å². The zero-order chi connectivity index (χ0) is 18.0. The van der Waals surface area contributed by atoms with Crippen molar-refractivity contribution in [2.75, 3.05) is 19.0 Å². The minimum Gasteiger partial charge on any atom is -0.394 e. The highest BCUT2D eigenvalue weighted by Gasteiger charge is 2.61. The van der Waals surface area contributed by atoms with E-state index in [4.69, 9.17) is 9.26 Å². The number of nitrogens with one attached hydrogen (secondary N) is 1. The van der Waals surface area contributed by atoms with Crippen molar-refractivity contribution in [2.24, 2.45) is 5.41 Å². The molecule has 0 bridgehead atoms. The predicted molar refractivity (Wildman–Crippen MR) is 93.9 cm³/mol. The van der Waals surface area contributed by atoms with Crippen molar-refractivity contribution in [1.82, 2.24) is 10.5 Å². The van der Waals surface area contributed by atoms with Crippen molar-refractivity contribution in [3.05, 3.63) is 17.0 Å². The Balaban J connectivity index is 1.87. The van der Waals surface area contributed by atoms with Gasteiger partial charge in [0.05, 0.1) is 29.7 Å². The van der Waals surface area contributed by atoms with Crippen LogP contribution in [0.1, 0.15) is 44.2 Å². The number of aliphatic hydroxyl groups excluding tert-OH is 1. The van der Waals surface area contributed by atoms with E-state index in [1.54, 1.807) is 0 Å². The summed E-state index contributed by atoms with van der Waals surface area (Å²) >= 11 is 1.52. The molecule has 1 heterocycles. The van der Waals surface area contributed by atoms with Crippen LogP contribution in [0.5, 0.6) is 0 Å². The van der Waals surface area contributed by atoms with Crippen LogP contribution < -0.4 is 5.32 Å². The minimum absolute atomic E-state index is 0.0601. The maximum absolute atomic E-state index is 12.3. The van der Waals surface area contributed by atoms with Gasteiger partial charge in [-0.15, -0.1) is 11.8 Å². The van der Waals surface area contributed by atoms with E-state index in [1.807, 2.05) is 34.6 Å². The second kappa shape index (κ2) is 7.45. The van der Waals surface area contributed by atoms with Crippen LogP contribution in [0.3, 0.4) is 0 Å². The van der Waals surface area contributed by atoms with Gasteiger partial charge >= 0.3 is 0 Å². The first-order valence-electron chi connectivity index (χ1n) is 8.30. The molecule has 1 aliphatic rings. The van der Waals surface area contributed by atoms with Crippen molar-refractivity contribution in [1.29, 1.82) is 0 Å². The molecule has 1 fully saturated rings. The Kier molecular flexibility index (Phi) is 5.99. The maximum Gasteiger partial charge on any atom is 0.230 e. The third-order valence-electron chi connectivity index (χ3n) is 5.25. The van der Waals surface area contributed by atoms with E-state index in [0.29, 0.717) is 24.5 Å². The van der Waals surface area contributed by atoms with Crippen molar-refractivity contribution in [3.63, 3.8) is 0 Å². The number of aliphatic hydroxyl groups is 1. The molecule has 2 rings (SSSR count). The summed E-state index contributed by atoms with van der Waals surface area (Å²) in [7, 11) is 0. The standard InChI is InChI=1S/C17H28N2O4S/c1-6-22-14-7-17(10-20,16(14,4)5)18-15(21)9-24-8-13-11(2)19-23-12(13)3/h14,20H,6-10H2,1-5H3,(H,18,21)/t14-,17-/m1/s1. The Morgan fingerprint density at radius 2 is 2.21 bits per heavy atom. The van der Waals surface area contributed by atoms with Crippen LogP contribution in [0.2, 0.25) is 0 Å². The van der Waals surface area contributed by atoms with Crippen LogP contribution >= 0.6 is 11.8 Å². The minimum atomic E-state index is -0.604. The number of carbonyl (C=O) groups is 1. The summed E-state index contributed by atoms with van der Waals surface area (Å²) in [6.07, 6.45) is 0.704. The van der Waals surface area contributed by atoms with Gasteiger partial charge in [0.25, 0.3) is 0 Å². The van der Waals surface area contributed by atoms with Gasteiger partial charge in [-0.1, -0.05) is 19.0 Å². The third kappa shape index (κ3) is 3.48. The average molecular weight is 356 g/mol. The van der Waals surface area contributed by atoms with Crippen molar-refractivity contribution >= 4 is 17.7 Å². The quantitative estimate of drug-likeness (QED) is 0.743. The number of thioether (sulfide) groups is 1. The van der Waals surface area contributed by atoms with Gasteiger partial charge in [-0.05, 0) is 20.8 Å². The summed E-state index contributed by atoms with van der Waals surface area (Å²) in [5.74, 6) is 1.75. The lowest BCUT2D eigenvalue weighted by atomic mass is 9.54. The van der Waals surface area contributed by atoms with Crippen LogP contribution in [-0.2, 0) is 15.3 Å². The highest BCUT2D eigenvalue weighted by molar-refractivity contribution is 7.99. The monoisotopic (exact) mass is 356 g/mol. The van der Waals surface area contributed by atoms with Gasteiger partial charge in [0.2, 0.25) is 5.91 Å². The predicted octanol–water partition coefficient (Wildman–Crippen LogP) is 2.21. The van der Waals surface area contributed by atoms with E-state index in [0.717, 1.165) is 17.0 Å². The summed E-state index contributed by atoms with van der Waals surface area (Å²) in [5, 5.41) is 16.8. The van der Waals surface area contributed by atoms with Gasteiger partial charge in [0.15, 0.2) is 0 Å². The molecule has 1 aromatic heterocycles. The van der Waals surface area contributed by atoms with Crippen molar-refractivity contribution in [2.45, 2.75) is 58.4 Å². The largest absolute Gasteiger partial charge is 0.394 e. The van der Waals surface area contributed by atoms with Crippen molar-refractivity contribution < 1.29 is 19.2 Å². The first-order valence-corrected chi connectivity index (χ1v) is 9.46. The second-order valence-corrected chi connectivity index (χ2v) is 7.94. The van der Waals surface area contributed by atoms with E-state index >= 15 is 0 Å². The van der Waals surface area contributed by atoms with Gasteiger partial charge in [0, 0.05) is 29.8 Å². The topological polar surface area (TPSA) is 84.6 Å². The molecule has 1 aromatic rings. The summed E-state index contributed by atoms with van der Waals surface area (Å²) in [5.41, 5.74) is 1.02. The highest BCUT2D eigenvalue weighted by atomic mass is 32.2. The molecule has 1 saturated carbocycles. The maximum atomic E-state index is 12.3. The van der Waals surface area contributed by atoms with E-state index in [1.165, 1.54) is 11.8 Å². The Hall–Kier alpha value is -1.05. The number of hydrogen-bond acceptors (Lipinski definition) is 6. The smallest absolute Gasteiger partial charge is 0.230 e. The molecule has 0 aromatic carbocycles. The third-order valence-corrected chi connectivity index (χ3v) is 6.21. The number of aryl methyl sites for hydroxylation is 2. The fourth-order valence-corrected chi connectivity index (χ4v) is 4.23. The fourth-order valence-electron chi connectivity index (χ4n) is 3.26. The lowest BCUT2D eigenvalue weighted by Gasteiger charge is -2.60. The molecule has 2 N–H and O–H groups in total. The zero-order valence-corrected chi connectivity index (χ0v) is 16.0. The van der Waals surface area contributed by atoms with Crippen LogP contribution in [0.25, 0.3) is 0 Å². The average Bonchev–Trinajstić information content (AvgIpc) is 2.85. The van der Waals surface area contributed by atoms with Crippen LogP contribution in [0.15, 0.2) is 4.52 Å². The molecule has 7 heteroatoms. The summed E-state index contributed by atoms with van der Waals surface area (Å²) < 4.78 is 10.8. The Morgan fingerprint density at radius 1 is 1.50 bits per heavy atom. The van der Waals surface area contributed by atoms with E-state index in [9.17, 15) is 9.90 Å². The lowest BCUT2D eigenvalue weighted by Crippen LogP contribution is -2.74. The number of carbonyl (C=O) groups excluding carboxylic acids is 1. The van der Waals surface area contributed by atoms with E-state index in [2.05, 4.69) is 10.5 Å². The molecular formula is C17H28N2O4S. The Morgan fingerprint density at radius 3 is 2.71 bits per heavy atom. The molecule has 0 aliphatic heterocycles. The molecule has 1 amide bonds. The lowest BCUT2D eigenvalue weighted by molar-refractivity contribution is -0.180. The molecule has 2 atom stereocenters. The molecule has 0 unspecified atom stereocenters. The van der Waals surface area contributed by atoms with E-state index in [-0.39, 0.29) is 24.0 Å². The molecule has 136 valence electrons. The number of aromatic nitrogens is 1. The van der Waals surface area contributed by atoms with Gasteiger partial charge in [-0.3, -0.25) is 4.79 Å².